The third-order valence-electron chi connectivity index (χ3n) is 5.80. The van der Waals surface area contributed by atoms with Gasteiger partial charge >= 0.3 is 6.18 Å². The lowest BCUT2D eigenvalue weighted by Crippen LogP contribution is -2.22. The van der Waals surface area contributed by atoms with Gasteiger partial charge in [-0.15, -0.1) is 0 Å². The van der Waals surface area contributed by atoms with Gasteiger partial charge in [0.25, 0.3) is 0 Å². The highest BCUT2D eigenvalue weighted by molar-refractivity contribution is 5.81. The number of benzene rings is 3. The van der Waals surface area contributed by atoms with Crippen molar-refractivity contribution in [3.05, 3.63) is 82.2 Å². The first-order valence-electron chi connectivity index (χ1n) is 10.5. The number of hydrogen-bond donors (Lipinski definition) is 0. The van der Waals surface area contributed by atoms with Gasteiger partial charge in [-0.2, -0.15) is 13.2 Å². The Morgan fingerprint density at radius 3 is 1.85 bits per heavy atom. The molecule has 33 heavy (non-hydrogen) atoms. The van der Waals surface area contributed by atoms with Gasteiger partial charge in [-0.25, -0.2) is 9.97 Å². The molecule has 0 saturated heterocycles. The van der Waals surface area contributed by atoms with Gasteiger partial charge in [0.05, 0.1) is 0 Å². The summed E-state index contributed by atoms with van der Waals surface area (Å²) in [6, 6.07) is 13.6. The number of aryl methyl sites for hydroxylation is 4. The van der Waals surface area contributed by atoms with E-state index in [0.717, 1.165) is 11.1 Å². The normalized spacial score (nSPS) is 13.2. The highest BCUT2D eigenvalue weighted by Crippen LogP contribution is 2.43. The summed E-state index contributed by atoms with van der Waals surface area (Å²) in [4.78, 5) is 8.74. The fourth-order valence-corrected chi connectivity index (χ4v) is 4.29. The fourth-order valence-electron chi connectivity index (χ4n) is 4.29. The molecule has 0 aliphatic rings. The smallest absolute Gasteiger partial charge is 0.399 e. The molecule has 0 fully saturated rings. The van der Waals surface area contributed by atoms with Gasteiger partial charge in [0.2, 0.25) is 5.89 Å². The Morgan fingerprint density at radius 2 is 1.27 bits per heavy atom. The molecule has 3 aromatic carbocycles. The lowest BCUT2D eigenvalue weighted by atomic mass is 9.88. The first-order valence-corrected chi connectivity index (χ1v) is 10.5. The second kappa shape index (κ2) is 7.47. The Morgan fingerprint density at radius 1 is 0.727 bits per heavy atom. The lowest BCUT2D eigenvalue weighted by molar-refractivity contribution is -0.141. The van der Waals surface area contributed by atoms with Crippen LogP contribution in [0.15, 0.2) is 57.4 Å². The summed E-state index contributed by atoms with van der Waals surface area (Å²) in [7, 11) is 0. The van der Waals surface area contributed by atoms with E-state index in [1.54, 1.807) is 20.8 Å². The third-order valence-corrected chi connectivity index (χ3v) is 5.80. The molecule has 0 radical (unpaired) electrons. The summed E-state index contributed by atoms with van der Waals surface area (Å²) in [6.07, 6.45) is -4.51. The van der Waals surface area contributed by atoms with Crippen LogP contribution in [0.25, 0.3) is 33.7 Å². The van der Waals surface area contributed by atoms with E-state index in [0.29, 0.717) is 45.1 Å². The zero-order chi connectivity index (χ0) is 23.5. The van der Waals surface area contributed by atoms with E-state index >= 15 is 0 Å². The Bertz CT molecular complexity index is 1490. The number of aromatic nitrogens is 2. The van der Waals surface area contributed by atoms with Gasteiger partial charge in [0.1, 0.15) is 17.0 Å². The minimum Gasteiger partial charge on any atom is -0.441 e. The molecule has 0 bridgehead atoms. The van der Waals surface area contributed by atoms with E-state index in [4.69, 9.17) is 8.83 Å². The Kier molecular flexibility index (Phi) is 4.81. The van der Waals surface area contributed by atoms with Crippen molar-refractivity contribution in [1.29, 1.82) is 0 Å². The van der Waals surface area contributed by atoms with Gasteiger partial charge in [-0.1, -0.05) is 29.8 Å². The third kappa shape index (κ3) is 3.77. The Labute approximate surface area is 188 Å². The van der Waals surface area contributed by atoms with E-state index in [-0.39, 0.29) is 11.1 Å². The monoisotopic (exact) mass is 450 g/mol. The molecular weight excluding hydrogens is 429 g/mol. The summed E-state index contributed by atoms with van der Waals surface area (Å²) in [5.74, 6) is -1.04. The van der Waals surface area contributed by atoms with Crippen molar-refractivity contribution < 1.29 is 22.0 Å². The number of oxazole rings is 2. The zero-order valence-electron chi connectivity index (χ0n) is 18.5. The van der Waals surface area contributed by atoms with Crippen molar-refractivity contribution in [3.63, 3.8) is 0 Å². The SMILES string of the molecule is Cc1ccc(-c2nc3cc(C(c4cc(C)c5oc(C)nc5c4)C(F)(F)F)cc(C)c3o2)cc1. The van der Waals surface area contributed by atoms with E-state index in [1.165, 1.54) is 24.3 Å². The molecule has 5 aromatic rings. The van der Waals surface area contributed by atoms with Gasteiger partial charge < -0.3 is 8.83 Å². The maximum Gasteiger partial charge on any atom is 0.399 e. The van der Waals surface area contributed by atoms with E-state index in [9.17, 15) is 13.2 Å². The van der Waals surface area contributed by atoms with Gasteiger partial charge in [0, 0.05) is 12.5 Å². The second-order valence-corrected chi connectivity index (χ2v) is 8.46. The van der Waals surface area contributed by atoms with Crippen LogP contribution in [0.4, 0.5) is 13.2 Å². The van der Waals surface area contributed by atoms with E-state index < -0.39 is 12.1 Å². The van der Waals surface area contributed by atoms with Gasteiger partial charge in [0.15, 0.2) is 17.1 Å². The van der Waals surface area contributed by atoms with Crippen molar-refractivity contribution in [1.82, 2.24) is 9.97 Å². The molecule has 4 nitrogen and oxygen atoms in total. The molecule has 1 atom stereocenters. The molecule has 0 amide bonds. The van der Waals surface area contributed by atoms with Crippen LogP contribution in [0.3, 0.4) is 0 Å². The highest BCUT2D eigenvalue weighted by Gasteiger charge is 2.42. The summed E-state index contributed by atoms with van der Waals surface area (Å²) < 4.78 is 54.6. The van der Waals surface area contributed by atoms with Gasteiger partial charge in [-0.3, -0.25) is 0 Å². The summed E-state index contributed by atoms with van der Waals surface area (Å²) in [5, 5.41) is 0. The standard InChI is InChI=1S/C26H21F3N2O2/c1-13-5-7-17(8-6-13)25-31-21-12-19(10-15(3)24(21)33-25)22(26(27,28)29)18-9-14(2)23-20(11-18)30-16(4)32-23/h5-12,22H,1-4H3. The van der Waals surface area contributed by atoms with Crippen LogP contribution in [0.1, 0.15) is 39.6 Å². The van der Waals surface area contributed by atoms with Crippen LogP contribution >= 0.6 is 0 Å². The first kappa shape index (κ1) is 21.2. The first-order chi connectivity index (χ1) is 15.6. The van der Waals surface area contributed by atoms with Gasteiger partial charge in [-0.05, 0) is 67.3 Å². The highest BCUT2D eigenvalue weighted by atomic mass is 19.4. The van der Waals surface area contributed by atoms with Crippen molar-refractivity contribution in [2.24, 2.45) is 0 Å². The molecule has 0 spiro atoms. The van der Waals surface area contributed by atoms with Crippen molar-refractivity contribution >= 4 is 22.2 Å². The topological polar surface area (TPSA) is 52.1 Å². The van der Waals surface area contributed by atoms with Crippen LogP contribution in [0, 0.1) is 27.7 Å². The Balaban J connectivity index is 1.66. The van der Waals surface area contributed by atoms with Crippen LogP contribution < -0.4 is 0 Å². The summed E-state index contributed by atoms with van der Waals surface area (Å²) in [6.45, 7) is 7.11. The molecule has 7 heteroatoms. The summed E-state index contributed by atoms with van der Waals surface area (Å²) >= 11 is 0. The molecular formula is C26H21F3N2O2. The minimum absolute atomic E-state index is 0.107. The maximum atomic E-state index is 14.4. The molecule has 0 N–H and O–H groups in total. The quantitative estimate of drug-likeness (QED) is 0.285. The zero-order valence-corrected chi connectivity index (χ0v) is 18.5. The molecule has 0 saturated carbocycles. The number of alkyl halides is 3. The number of hydrogen-bond acceptors (Lipinski definition) is 4. The van der Waals surface area contributed by atoms with Crippen LogP contribution in [0.2, 0.25) is 0 Å². The van der Waals surface area contributed by atoms with E-state index in [2.05, 4.69) is 9.97 Å². The maximum absolute atomic E-state index is 14.4. The number of fused-ring (bicyclic) bond motifs is 2. The largest absolute Gasteiger partial charge is 0.441 e. The molecule has 0 aliphatic carbocycles. The molecule has 168 valence electrons. The second-order valence-electron chi connectivity index (χ2n) is 8.46. The Hall–Kier alpha value is -3.61. The van der Waals surface area contributed by atoms with Crippen molar-refractivity contribution in [3.8, 4) is 11.5 Å². The molecule has 5 rings (SSSR count). The average Bonchev–Trinajstić information content (AvgIpc) is 3.31. The van der Waals surface area contributed by atoms with E-state index in [1.807, 2.05) is 31.2 Å². The summed E-state index contributed by atoms with van der Waals surface area (Å²) in [5.41, 5.74) is 5.08. The molecule has 1 unspecified atom stereocenters. The van der Waals surface area contributed by atoms with Crippen LogP contribution in [-0.4, -0.2) is 16.1 Å². The van der Waals surface area contributed by atoms with Crippen LogP contribution in [0.5, 0.6) is 0 Å². The van der Waals surface area contributed by atoms with Crippen LogP contribution in [-0.2, 0) is 0 Å². The predicted molar refractivity (Wildman–Crippen MR) is 120 cm³/mol. The predicted octanol–water partition coefficient (Wildman–Crippen LogP) is 7.56. The number of halogens is 3. The van der Waals surface area contributed by atoms with Crippen molar-refractivity contribution in [2.75, 3.05) is 0 Å². The minimum atomic E-state index is -4.51. The van der Waals surface area contributed by atoms with Crippen molar-refractivity contribution in [2.45, 2.75) is 39.8 Å². The lowest BCUT2D eigenvalue weighted by Gasteiger charge is -2.22. The average molecular weight is 450 g/mol. The fraction of sp³-hybridized carbons (Fsp3) is 0.231. The molecule has 0 aliphatic heterocycles. The molecule has 2 aromatic heterocycles. The number of nitrogens with zero attached hydrogens (tertiary/aromatic N) is 2. The molecule has 2 heterocycles. The number of rotatable bonds is 3.